The highest BCUT2D eigenvalue weighted by Crippen LogP contribution is 2.15. The van der Waals surface area contributed by atoms with Crippen LogP contribution in [0.1, 0.15) is 26.2 Å². The van der Waals surface area contributed by atoms with Gasteiger partial charge in [0, 0.05) is 30.1 Å². The first kappa shape index (κ1) is 18.0. The molecule has 0 aliphatic heterocycles. The van der Waals surface area contributed by atoms with Crippen molar-refractivity contribution in [2.75, 3.05) is 13.2 Å². The average molecular weight is 325 g/mol. The van der Waals surface area contributed by atoms with Gasteiger partial charge in [0.2, 0.25) is 5.91 Å². The van der Waals surface area contributed by atoms with Crippen LogP contribution in [0.4, 0.5) is 0 Å². The summed E-state index contributed by atoms with van der Waals surface area (Å²) in [5, 5.41) is 6.00. The molecule has 1 aromatic rings. The summed E-state index contributed by atoms with van der Waals surface area (Å²) in [5.41, 5.74) is 0.595. The van der Waals surface area contributed by atoms with E-state index in [0.717, 1.165) is 6.42 Å². The summed E-state index contributed by atoms with van der Waals surface area (Å²) < 4.78 is 5.31. The van der Waals surface area contributed by atoms with Crippen molar-refractivity contribution in [1.29, 1.82) is 0 Å². The van der Waals surface area contributed by atoms with Gasteiger partial charge in [-0.2, -0.15) is 0 Å². The van der Waals surface area contributed by atoms with E-state index < -0.39 is 0 Å². The van der Waals surface area contributed by atoms with Crippen LogP contribution in [0.2, 0.25) is 5.02 Å². The van der Waals surface area contributed by atoms with Crippen LogP contribution in [0.3, 0.4) is 0 Å². The first-order valence-electron chi connectivity index (χ1n) is 7.14. The lowest BCUT2D eigenvalue weighted by molar-refractivity contribution is -0.123. The highest BCUT2D eigenvalue weighted by Gasteiger charge is 2.04. The number of nitrogens with one attached hydrogen (secondary N) is 2. The SMILES string of the molecule is C=C(CCNC(=O)COc1ccc(Cl)cc1)NC(=O)CCC. The molecule has 2 amide bonds. The monoisotopic (exact) mass is 324 g/mol. The molecule has 0 radical (unpaired) electrons. The van der Waals surface area contributed by atoms with Gasteiger partial charge < -0.3 is 15.4 Å². The fourth-order valence-corrected chi connectivity index (χ4v) is 1.76. The minimum Gasteiger partial charge on any atom is -0.484 e. The quantitative estimate of drug-likeness (QED) is 0.734. The van der Waals surface area contributed by atoms with Crippen molar-refractivity contribution in [3.05, 3.63) is 41.6 Å². The number of ether oxygens (including phenoxy) is 1. The Morgan fingerprint density at radius 2 is 1.86 bits per heavy atom. The van der Waals surface area contributed by atoms with E-state index in [9.17, 15) is 9.59 Å². The summed E-state index contributed by atoms with van der Waals surface area (Å²) in [6, 6.07) is 6.77. The van der Waals surface area contributed by atoms with Crippen molar-refractivity contribution in [2.45, 2.75) is 26.2 Å². The molecule has 1 aromatic carbocycles. The Morgan fingerprint density at radius 3 is 2.50 bits per heavy atom. The van der Waals surface area contributed by atoms with Crippen molar-refractivity contribution in [3.8, 4) is 5.75 Å². The third kappa shape index (κ3) is 7.69. The number of rotatable bonds is 9. The first-order chi connectivity index (χ1) is 10.5. The van der Waals surface area contributed by atoms with Gasteiger partial charge in [-0.05, 0) is 30.7 Å². The number of carbonyl (C=O) groups excluding carboxylic acids is 2. The summed E-state index contributed by atoms with van der Waals surface area (Å²) in [4.78, 5) is 23.0. The molecule has 120 valence electrons. The van der Waals surface area contributed by atoms with Gasteiger partial charge in [0.15, 0.2) is 6.61 Å². The zero-order valence-corrected chi connectivity index (χ0v) is 13.4. The first-order valence-corrected chi connectivity index (χ1v) is 7.51. The summed E-state index contributed by atoms with van der Waals surface area (Å²) in [7, 11) is 0. The summed E-state index contributed by atoms with van der Waals surface area (Å²) in [6.45, 7) is 6.01. The van der Waals surface area contributed by atoms with Crippen LogP contribution in [0, 0.1) is 0 Å². The molecule has 0 aromatic heterocycles. The fourth-order valence-electron chi connectivity index (χ4n) is 1.63. The zero-order valence-electron chi connectivity index (χ0n) is 12.7. The molecule has 2 N–H and O–H groups in total. The molecule has 0 spiro atoms. The van der Waals surface area contributed by atoms with Crippen LogP contribution in [-0.4, -0.2) is 25.0 Å². The second-order valence-electron chi connectivity index (χ2n) is 4.74. The van der Waals surface area contributed by atoms with Crippen LogP contribution in [0.25, 0.3) is 0 Å². The number of halogens is 1. The van der Waals surface area contributed by atoms with Gasteiger partial charge in [-0.1, -0.05) is 25.1 Å². The Hall–Kier alpha value is -2.01. The Bertz CT molecular complexity index is 515. The van der Waals surface area contributed by atoms with Gasteiger partial charge in [0.05, 0.1) is 0 Å². The molecular formula is C16H21ClN2O3. The molecule has 0 aliphatic rings. The van der Waals surface area contributed by atoms with Gasteiger partial charge in [0.25, 0.3) is 5.91 Å². The molecule has 0 saturated heterocycles. The van der Waals surface area contributed by atoms with Gasteiger partial charge >= 0.3 is 0 Å². The third-order valence-electron chi connectivity index (χ3n) is 2.73. The van der Waals surface area contributed by atoms with E-state index in [-0.39, 0.29) is 18.4 Å². The Kier molecular flexibility index (Phi) is 8.07. The minimum absolute atomic E-state index is 0.0510. The largest absolute Gasteiger partial charge is 0.484 e. The van der Waals surface area contributed by atoms with Crippen LogP contribution in [0.5, 0.6) is 5.75 Å². The molecule has 5 nitrogen and oxygen atoms in total. The maximum Gasteiger partial charge on any atom is 0.257 e. The Labute approximate surface area is 135 Å². The molecule has 0 unspecified atom stereocenters. The van der Waals surface area contributed by atoms with Crippen LogP contribution >= 0.6 is 11.6 Å². The van der Waals surface area contributed by atoms with E-state index >= 15 is 0 Å². The van der Waals surface area contributed by atoms with Crippen molar-refractivity contribution >= 4 is 23.4 Å². The van der Waals surface area contributed by atoms with Crippen molar-refractivity contribution in [2.24, 2.45) is 0 Å². The van der Waals surface area contributed by atoms with E-state index in [1.165, 1.54) is 0 Å². The molecule has 1 rings (SSSR count). The lowest BCUT2D eigenvalue weighted by atomic mass is 10.3. The Balaban J connectivity index is 2.16. The molecule has 22 heavy (non-hydrogen) atoms. The van der Waals surface area contributed by atoms with E-state index in [2.05, 4.69) is 17.2 Å². The number of carbonyl (C=O) groups is 2. The maximum atomic E-state index is 11.6. The summed E-state index contributed by atoms with van der Waals surface area (Å²) in [5.74, 6) is 0.295. The fraction of sp³-hybridized carbons (Fsp3) is 0.375. The second kappa shape index (κ2) is 9.84. The predicted octanol–water partition coefficient (Wildman–Crippen LogP) is 2.66. The molecule has 6 heteroatoms. The van der Waals surface area contributed by atoms with Gasteiger partial charge in [-0.15, -0.1) is 0 Å². The van der Waals surface area contributed by atoms with Crippen LogP contribution in [-0.2, 0) is 9.59 Å². The van der Waals surface area contributed by atoms with E-state index in [4.69, 9.17) is 16.3 Å². The minimum atomic E-state index is -0.234. The predicted molar refractivity (Wildman–Crippen MR) is 86.8 cm³/mol. The van der Waals surface area contributed by atoms with Crippen LogP contribution in [0.15, 0.2) is 36.5 Å². The van der Waals surface area contributed by atoms with E-state index in [1.54, 1.807) is 24.3 Å². The van der Waals surface area contributed by atoms with E-state index in [0.29, 0.717) is 35.9 Å². The topological polar surface area (TPSA) is 67.4 Å². The van der Waals surface area contributed by atoms with Crippen molar-refractivity contribution < 1.29 is 14.3 Å². The van der Waals surface area contributed by atoms with Gasteiger partial charge in [0.1, 0.15) is 5.75 Å². The number of hydrogen-bond donors (Lipinski definition) is 2. The van der Waals surface area contributed by atoms with Crippen LogP contribution < -0.4 is 15.4 Å². The van der Waals surface area contributed by atoms with Gasteiger partial charge in [-0.25, -0.2) is 0 Å². The normalized spacial score (nSPS) is 9.91. The van der Waals surface area contributed by atoms with Crippen molar-refractivity contribution in [3.63, 3.8) is 0 Å². The summed E-state index contributed by atoms with van der Waals surface area (Å²) in [6.07, 6.45) is 1.75. The lowest BCUT2D eigenvalue weighted by Crippen LogP contribution is -2.31. The number of benzene rings is 1. The highest BCUT2D eigenvalue weighted by atomic mass is 35.5. The van der Waals surface area contributed by atoms with E-state index in [1.807, 2.05) is 6.92 Å². The number of amides is 2. The summed E-state index contributed by atoms with van der Waals surface area (Å²) >= 11 is 5.76. The molecule has 0 heterocycles. The molecule has 0 aliphatic carbocycles. The second-order valence-corrected chi connectivity index (χ2v) is 5.18. The average Bonchev–Trinajstić information content (AvgIpc) is 2.46. The van der Waals surface area contributed by atoms with Gasteiger partial charge in [-0.3, -0.25) is 9.59 Å². The molecule has 0 saturated carbocycles. The molecular weight excluding hydrogens is 304 g/mol. The maximum absolute atomic E-state index is 11.6. The number of hydrogen-bond acceptors (Lipinski definition) is 3. The molecule has 0 bridgehead atoms. The molecule has 0 fully saturated rings. The Morgan fingerprint density at radius 1 is 1.18 bits per heavy atom. The standard InChI is InChI=1S/C16H21ClN2O3/c1-3-4-15(20)19-12(2)9-10-18-16(21)11-22-14-7-5-13(17)6-8-14/h5-8H,2-4,9-11H2,1H3,(H,18,21)(H,19,20). The third-order valence-corrected chi connectivity index (χ3v) is 2.98. The zero-order chi connectivity index (χ0) is 16.4. The lowest BCUT2D eigenvalue weighted by Gasteiger charge is -2.10. The van der Waals surface area contributed by atoms with Crippen molar-refractivity contribution in [1.82, 2.24) is 10.6 Å². The highest BCUT2D eigenvalue weighted by molar-refractivity contribution is 6.30. The molecule has 0 atom stereocenters. The smallest absolute Gasteiger partial charge is 0.257 e.